The summed E-state index contributed by atoms with van der Waals surface area (Å²) < 4.78 is 17.4. The van der Waals surface area contributed by atoms with Crippen LogP contribution in [0.15, 0.2) is 16.6 Å². The van der Waals surface area contributed by atoms with Gasteiger partial charge < -0.3 is 19.5 Å². The standard InChI is InChI=1S/C14H20BrNO3/c1-2-17-5-3-4-16-10-11-8-12(15)14-13(9-11)18-6-7-19-14/h8-9,16H,2-7,10H2,1H3. The topological polar surface area (TPSA) is 39.7 Å². The number of benzene rings is 1. The van der Waals surface area contributed by atoms with Crippen molar-refractivity contribution in [1.82, 2.24) is 5.32 Å². The quantitative estimate of drug-likeness (QED) is 0.781. The summed E-state index contributed by atoms with van der Waals surface area (Å²) in [5.74, 6) is 1.64. The van der Waals surface area contributed by atoms with E-state index in [1.54, 1.807) is 0 Å². The molecule has 0 radical (unpaired) electrons. The van der Waals surface area contributed by atoms with Crippen LogP contribution in [0.25, 0.3) is 0 Å². The van der Waals surface area contributed by atoms with Crippen molar-refractivity contribution in [3.05, 3.63) is 22.2 Å². The SMILES string of the molecule is CCOCCCNCc1cc(Br)c2c(c1)OCCO2. The molecular formula is C14H20BrNO3. The molecule has 1 heterocycles. The lowest BCUT2D eigenvalue weighted by atomic mass is 10.2. The van der Waals surface area contributed by atoms with Gasteiger partial charge in [0.15, 0.2) is 11.5 Å². The number of hydrogen-bond donors (Lipinski definition) is 1. The minimum atomic E-state index is 0.612. The Morgan fingerprint density at radius 1 is 1.32 bits per heavy atom. The highest BCUT2D eigenvalue weighted by molar-refractivity contribution is 9.10. The van der Waals surface area contributed by atoms with Crippen molar-refractivity contribution in [2.75, 3.05) is 33.0 Å². The first-order chi connectivity index (χ1) is 9.31. The van der Waals surface area contributed by atoms with Crippen LogP contribution < -0.4 is 14.8 Å². The maximum absolute atomic E-state index is 5.60. The van der Waals surface area contributed by atoms with Crippen molar-refractivity contribution in [3.63, 3.8) is 0 Å². The molecule has 0 amide bonds. The van der Waals surface area contributed by atoms with Crippen molar-refractivity contribution in [1.29, 1.82) is 0 Å². The summed E-state index contributed by atoms with van der Waals surface area (Å²) in [6.07, 6.45) is 1.03. The molecule has 19 heavy (non-hydrogen) atoms. The summed E-state index contributed by atoms with van der Waals surface area (Å²) in [7, 11) is 0. The molecule has 1 N–H and O–H groups in total. The Kier molecular flexibility index (Phi) is 5.94. The van der Waals surface area contributed by atoms with Gasteiger partial charge in [-0.15, -0.1) is 0 Å². The van der Waals surface area contributed by atoms with E-state index in [0.29, 0.717) is 13.2 Å². The maximum atomic E-state index is 5.60. The number of ether oxygens (including phenoxy) is 3. The molecule has 0 bridgehead atoms. The Morgan fingerprint density at radius 3 is 3.00 bits per heavy atom. The van der Waals surface area contributed by atoms with Crippen molar-refractivity contribution < 1.29 is 14.2 Å². The van der Waals surface area contributed by atoms with Gasteiger partial charge in [-0.05, 0) is 53.5 Å². The largest absolute Gasteiger partial charge is 0.486 e. The lowest BCUT2D eigenvalue weighted by Gasteiger charge is -2.20. The molecular weight excluding hydrogens is 310 g/mol. The molecule has 0 atom stereocenters. The monoisotopic (exact) mass is 329 g/mol. The molecule has 106 valence electrons. The van der Waals surface area contributed by atoms with E-state index < -0.39 is 0 Å². The van der Waals surface area contributed by atoms with Gasteiger partial charge in [-0.25, -0.2) is 0 Å². The van der Waals surface area contributed by atoms with E-state index in [1.807, 2.05) is 13.0 Å². The second kappa shape index (κ2) is 7.72. The van der Waals surface area contributed by atoms with E-state index in [9.17, 15) is 0 Å². The van der Waals surface area contributed by atoms with Gasteiger partial charge in [0, 0.05) is 19.8 Å². The molecule has 1 aliphatic heterocycles. The summed E-state index contributed by atoms with van der Waals surface area (Å²) in [5.41, 5.74) is 1.19. The zero-order valence-corrected chi connectivity index (χ0v) is 12.8. The first kappa shape index (κ1) is 14.6. The molecule has 0 spiro atoms. The molecule has 0 aliphatic carbocycles. The van der Waals surface area contributed by atoms with Crippen LogP contribution in [0.5, 0.6) is 11.5 Å². The molecule has 1 aromatic rings. The second-order valence-electron chi connectivity index (χ2n) is 4.33. The van der Waals surface area contributed by atoms with E-state index in [4.69, 9.17) is 14.2 Å². The molecule has 1 aliphatic rings. The normalized spacial score (nSPS) is 13.6. The maximum Gasteiger partial charge on any atom is 0.175 e. The summed E-state index contributed by atoms with van der Waals surface area (Å²) in [4.78, 5) is 0. The summed E-state index contributed by atoms with van der Waals surface area (Å²) in [5, 5.41) is 3.40. The highest BCUT2D eigenvalue weighted by atomic mass is 79.9. The van der Waals surface area contributed by atoms with Gasteiger partial charge in [-0.2, -0.15) is 0 Å². The van der Waals surface area contributed by atoms with Gasteiger partial charge in [0.2, 0.25) is 0 Å². The minimum absolute atomic E-state index is 0.612. The van der Waals surface area contributed by atoms with E-state index in [-0.39, 0.29) is 0 Å². The Labute approximate surface area is 122 Å². The summed E-state index contributed by atoms with van der Waals surface area (Å²) >= 11 is 3.52. The van der Waals surface area contributed by atoms with Crippen LogP contribution in [-0.4, -0.2) is 33.0 Å². The number of halogens is 1. The van der Waals surface area contributed by atoms with Crippen molar-refractivity contribution in [2.45, 2.75) is 19.9 Å². The van der Waals surface area contributed by atoms with E-state index >= 15 is 0 Å². The first-order valence-electron chi connectivity index (χ1n) is 6.67. The average Bonchev–Trinajstić information content (AvgIpc) is 2.43. The van der Waals surface area contributed by atoms with E-state index in [1.165, 1.54) is 5.56 Å². The highest BCUT2D eigenvalue weighted by Gasteiger charge is 2.15. The first-order valence-corrected chi connectivity index (χ1v) is 7.47. The fourth-order valence-electron chi connectivity index (χ4n) is 1.94. The van der Waals surface area contributed by atoms with Gasteiger partial charge in [0.1, 0.15) is 13.2 Å². The fourth-order valence-corrected chi connectivity index (χ4v) is 2.55. The Bertz CT molecular complexity index is 412. The lowest BCUT2D eigenvalue weighted by Crippen LogP contribution is -2.18. The Balaban J connectivity index is 1.82. The number of hydrogen-bond acceptors (Lipinski definition) is 4. The van der Waals surface area contributed by atoms with Crippen molar-refractivity contribution in [2.24, 2.45) is 0 Å². The van der Waals surface area contributed by atoms with Crippen LogP contribution in [-0.2, 0) is 11.3 Å². The molecule has 0 fully saturated rings. The third kappa shape index (κ3) is 4.37. The number of nitrogens with one attached hydrogen (secondary N) is 1. The van der Waals surface area contributed by atoms with E-state index in [0.717, 1.165) is 48.7 Å². The third-order valence-electron chi connectivity index (χ3n) is 2.83. The van der Waals surface area contributed by atoms with Crippen LogP contribution in [0, 0.1) is 0 Å². The number of rotatable bonds is 7. The molecule has 0 saturated carbocycles. The van der Waals surface area contributed by atoms with Gasteiger partial charge in [-0.3, -0.25) is 0 Å². The molecule has 1 aromatic carbocycles. The van der Waals surface area contributed by atoms with Crippen LogP contribution in [0.1, 0.15) is 18.9 Å². The van der Waals surface area contributed by atoms with Crippen molar-refractivity contribution >= 4 is 15.9 Å². The van der Waals surface area contributed by atoms with Crippen LogP contribution in [0.2, 0.25) is 0 Å². The third-order valence-corrected chi connectivity index (χ3v) is 3.42. The van der Waals surface area contributed by atoms with Gasteiger partial charge in [0.05, 0.1) is 4.47 Å². The molecule has 0 aromatic heterocycles. The zero-order valence-electron chi connectivity index (χ0n) is 11.2. The fraction of sp³-hybridized carbons (Fsp3) is 0.571. The van der Waals surface area contributed by atoms with Crippen LogP contribution in [0.3, 0.4) is 0 Å². The predicted molar refractivity (Wildman–Crippen MR) is 77.9 cm³/mol. The molecule has 0 unspecified atom stereocenters. The highest BCUT2D eigenvalue weighted by Crippen LogP contribution is 2.38. The predicted octanol–water partition coefficient (Wildman–Crippen LogP) is 2.74. The molecule has 2 rings (SSSR count). The average molecular weight is 330 g/mol. The van der Waals surface area contributed by atoms with Crippen LogP contribution in [0.4, 0.5) is 0 Å². The molecule has 4 nitrogen and oxygen atoms in total. The van der Waals surface area contributed by atoms with E-state index in [2.05, 4.69) is 27.3 Å². The molecule has 5 heteroatoms. The Hall–Kier alpha value is -0.780. The minimum Gasteiger partial charge on any atom is -0.486 e. The van der Waals surface area contributed by atoms with Gasteiger partial charge in [-0.1, -0.05) is 0 Å². The second-order valence-corrected chi connectivity index (χ2v) is 5.18. The van der Waals surface area contributed by atoms with Gasteiger partial charge >= 0.3 is 0 Å². The summed E-state index contributed by atoms with van der Waals surface area (Å²) in [6.45, 7) is 6.61. The number of fused-ring (bicyclic) bond motifs is 1. The van der Waals surface area contributed by atoms with Gasteiger partial charge in [0.25, 0.3) is 0 Å². The zero-order chi connectivity index (χ0) is 13.5. The van der Waals surface area contributed by atoms with Crippen molar-refractivity contribution in [3.8, 4) is 11.5 Å². The van der Waals surface area contributed by atoms with Crippen LogP contribution >= 0.6 is 15.9 Å². The molecule has 0 saturated heterocycles. The lowest BCUT2D eigenvalue weighted by molar-refractivity contribution is 0.144. The smallest absolute Gasteiger partial charge is 0.175 e. The Morgan fingerprint density at radius 2 is 2.16 bits per heavy atom. The summed E-state index contributed by atoms with van der Waals surface area (Å²) in [6, 6.07) is 4.11.